The molecule has 0 saturated carbocycles. The fraction of sp³-hybridized carbons (Fsp3) is 0.391. The summed E-state index contributed by atoms with van der Waals surface area (Å²) < 4.78 is 2.10. The lowest BCUT2D eigenvalue weighted by molar-refractivity contribution is -0.124. The molecule has 0 radical (unpaired) electrons. The molecule has 0 bridgehead atoms. The molecule has 1 amide bonds. The Morgan fingerprint density at radius 2 is 1.86 bits per heavy atom. The summed E-state index contributed by atoms with van der Waals surface area (Å²) in [6.45, 7) is 10.2. The van der Waals surface area contributed by atoms with Crippen LogP contribution < -0.4 is 5.32 Å². The van der Waals surface area contributed by atoms with Crippen LogP contribution in [0.25, 0.3) is 11.0 Å². The summed E-state index contributed by atoms with van der Waals surface area (Å²) in [5.41, 5.74) is 5.31. The molecule has 1 atom stereocenters. The molecule has 0 aliphatic heterocycles. The van der Waals surface area contributed by atoms with E-state index in [-0.39, 0.29) is 18.0 Å². The number of hydrogen-bond acceptors (Lipinski definition) is 2. The standard InChI is InChI=1S/C23H28ClN3O/c1-6-20(23(28)25-14(2)3)27-21-12-16(5)15(4)11-19(21)26-22(27)13-17-9-7-8-10-18(17)24/h7-12,14,20H,6,13H2,1-5H3,(H,25,28)/t20-/m1/s1. The summed E-state index contributed by atoms with van der Waals surface area (Å²) in [6, 6.07) is 11.8. The third-order valence-electron chi connectivity index (χ3n) is 5.12. The monoisotopic (exact) mass is 397 g/mol. The first kappa shape index (κ1) is 20.4. The van der Waals surface area contributed by atoms with Crippen LogP contribution in [0.4, 0.5) is 0 Å². The van der Waals surface area contributed by atoms with Crippen LogP contribution in [0.2, 0.25) is 5.02 Å². The number of imidazole rings is 1. The first-order valence-corrected chi connectivity index (χ1v) is 10.2. The molecule has 0 aliphatic rings. The smallest absolute Gasteiger partial charge is 0.243 e. The lowest BCUT2D eigenvalue weighted by Gasteiger charge is -2.22. The van der Waals surface area contributed by atoms with Crippen molar-refractivity contribution < 1.29 is 4.79 Å². The maximum absolute atomic E-state index is 13.0. The number of benzene rings is 2. The van der Waals surface area contributed by atoms with E-state index in [1.165, 1.54) is 11.1 Å². The number of nitrogens with zero attached hydrogens (tertiary/aromatic N) is 2. The molecule has 28 heavy (non-hydrogen) atoms. The van der Waals surface area contributed by atoms with Crippen LogP contribution in [-0.4, -0.2) is 21.5 Å². The molecule has 0 unspecified atom stereocenters. The van der Waals surface area contributed by atoms with Crippen molar-refractivity contribution in [1.82, 2.24) is 14.9 Å². The van der Waals surface area contributed by atoms with Gasteiger partial charge in [0.15, 0.2) is 0 Å². The summed E-state index contributed by atoms with van der Waals surface area (Å²) >= 11 is 6.40. The first-order chi connectivity index (χ1) is 13.3. The minimum Gasteiger partial charge on any atom is -0.352 e. The van der Waals surface area contributed by atoms with Crippen molar-refractivity contribution in [3.8, 4) is 0 Å². The highest BCUT2D eigenvalue weighted by molar-refractivity contribution is 6.31. The summed E-state index contributed by atoms with van der Waals surface area (Å²) in [5.74, 6) is 0.884. The van der Waals surface area contributed by atoms with Crippen LogP contribution in [0, 0.1) is 13.8 Å². The SMILES string of the molecule is CC[C@H](C(=O)NC(C)C)n1c(Cc2ccccc2Cl)nc2cc(C)c(C)cc21. The largest absolute Gasteiger partial charge is 0.352 e. The fourth-order valence-corrected chi connectivity index (χ4v) is 3.75. The zero-order valence-corrected chi connectivity index (χ0v) is 18.0. The van der Waals surface area contributed by atoms with Gasteiger partial charge in [-0.15, -0.1) is 0 Å². The van der Waals surface area contributed by atoms with Crippen molar-refractivity contribution in [2.24, 2.45) is 0 Å². The van der Waals surface area contributed by atoms with Crippen molar-refractivity contribution in [1.29, 1.82) is 0 Å². The van der Waals surface area contributed by atoms with Gasteiger partial charge in [0, 0.05) is 17.5 Å². The van der Waals surface area contributed by atoms with E-state index in [2.05, 4.69) is 35.9 Å². The van der Waals surface area contributed by atoms with E-state index < -0.39 is 0 Å². The Bertz CT molecular complexity index is 1010. The molecule has 1 aromatic heterocycles. The van der Waals surface area contributed by atoms with Crippen LogP contribution >= 0.6 is 11.6 Å². The van der Waals surface area contributed by atoms with E-state index in [1.807, 2.05) is 45.0 Å². The number of amides is 1. The number of halogens is 1. The van der Waals surface area contributed by atoms with Crippen LogP contribution in [-0.2, 0) is 11.2 Å². The number of nitrogens with one attached hydrogen (secondary N) is 1. The highest BCUT2D eigenvalue weighted by atomic mass is 35.5. The van der Waals surface area contributed by atoms with Gasteiger partial charge in [0.1, 0.15) is 11.9 Å². The maximum atomic E-state index is 13.0. The second kappa shape index (κ2) is 8.36. The number of fused-ring (bicyclic) bond motifs is 1. The third kappa shape index (κ3) is 4.07. The number of carbonyl (C=O) groups is 1. The highest BCUT2D eigenvalue weighted by Gasteiger charge is 2.25. The molecule has 1 N–H and O–H groups in total. The zero-order valence-electron chi connectivity index (χ0n) is 17.2. The van der Waals surface area contributed by atoms with Gasteiger partial charge in [0.05, 0.1) is 11.0 Å². The molecule has 2 aromatic carbocycles. The second-order valence-corrected chi connectivity index (χ2v) is 8.09. The van der Waals surface area contributed by atoms with Crippen molar-refractivity contribution >= 4 is 28.5 Å². The normalized spacial score (nSPS) is 12.5. The molecular weight excluding hydrogens is 370 g/mol. The van der Waals surface area contributed by atoms with Gasteiger partial charge in [-0.1, -0.05) is 36.7 Å². The van der Waals surface area contributed by atoms with Gasteiger partial charge >= 0.3 is 0 Å². The predicted octanol–water partition coefficient (Wildman–Crippen LogP) is 5.37. The maximum Gasteiger partial charge on any atom is 0.243 e. The van der Waals surface area contributed by atoms with Gasteiger partial charge in [0.2, 0.25) is 5.91 Å². The van der Waals surface area contributed by atoms with E-state index >= 15 is 0 Å². The van der Waals surface area contributed by atoms with Crippen molar-refractivity contribution in [3.05, 3.63) is 63.9 Å². The minimum atomic E-state index is -0.313. The van der Waals surface area contributed by atoms with Crippen LogP contribution in [0.5, 0.6) is 0 Å². The quantitative estimate of drug-likeness (QED) is 0.607. The molecule has 0 fully saturated rings. The molecule has 1 heterocycles. The van der Waals surface area contributed by atoms with E-state index in [1.54, 1.807) is 0 Å². The van der Waals surface area contributed by atoms with Gasteiger partial charge in [-0.2, -0.15) is 0 Å². The molecular formula is C23H28ClN3O. The molecule has 3 rings (SSSR count). The summed E-state index contributed by atoms with van der Waals surface area (Å²) in [6.07, 6.45) is 1.27. The Labute approximate surface area is 171 Å². The van der Waals surface area contributed by atoms with Crippen LogP contribution in [0.15, 0.2) is 36.4 Å². The number of carbonyl (C=O) groups excluding carboxylic acids is 1. The number of hydrogen-bond donors (Lipinski definition) is 1. The topological polar surface area (TPSA) is 46.9 Å². The van der Waals surface area contributed by atoms with Gasteiger partial charge in [0.25, 0.3) is 0 Å². The first-order valence-electron chi connectivity index (χ1n) is 9.83. The predicted molar refractivity (Wildman–Crippen MR) is 116 cm³/mol. The van der Waals surface area contributed by atoms with Crippen molar-refractivity contribution in [2.75, 3.05) is 0 Å². The second-order valence-electron chi connectivity index (χ2n) is 7.68. The highest BCUT2D eigenvalue weighted by Crippen LogP contribution is 2.29. The van der Waals surface area contributed by atoms with Gasteiger partial charge < -0.3 is 9.88 Å². The Hall–Kier alpha value is -2.33. The molecule has 0 saturated heterocycles. The van der Waals surface area contributed by atoms with Crippen LogP contribution in [0.1, 0.15) is 55.7 Å². The molecule has 0 spiro atoms. The molecule has 4 nitrogen and oxygen atoms in total. The van der Waals surface area contributed by atoms with Crippen molar-refractivity contribution in [3.63, 3.8) is 0 Å². The number of aromatic nitrogens is 2. The number of aryl methyl sites for hydroxylation is 2. The van der Waals surface area contributed by atoms with E-state index in [9.17, 15) is 4.79 Å². The lowest BCUT2D eigenvalue weighted by atomic mass is 10.1. The lowest BCUT2D eigenvalue weighted by Crippen LogP contribution is -2.37. The molecule has 148 valence electrons. The molecule has 0 aliphatic carbocycles. The summed E-state index contributed by atoms with van der Waals surface area (Å²) in [4.78, 5) is 17.9. The van der Waals surface area contributed by atoms with Gasteiger partial charge in [-0.25, -0.2) is 4.98 Å². The average Bonchev–Trinajstić information content (AvgIpc) is 2.95. The molecule has 3 aromatic rings. The van der Waals surface area contributed by atoms with Gasteiger partial charge in [-0.05, 0) is 69.0 Å². The Morgan fingerprint density at radius 3 is 2.50 bits per heavy atom. The molecule has 5 heteroatoms. The van der Waals surface area contributed by atoms with E-state index in [4.69, 9.17) is 16.6 Å². The number of rotatable bonds is 6. The third-order valence-corrected chi connectivity index (χ3v) is 5.49. The Balaban J connectivity index is 2.17. The Morgan fingerprint density at radius 1 is 1.18 bits per heavy atom. The average molecular weight is 398 g/mol. The Kier molecular flexibility index (Phi) is 6.09. The zero-order chi connectivity index (χ0) is 20.4. The van der Waals surface area contributed by atoms with E-state index in [0.29, 0.717) is 17.9 Å². The minimum absolute atomic E-state index is 0.0236. The van der Waals surface area contributed by atoms with E-state index in [0.717, 1.165) is 22.4 Å². The van der Waals surface area contributed by atoms with Crippen LogP contribution in [0.3, 0.4) is 0 Å². The fourth-order valence-electron chi connectivity index (χ4n) is 3.55. The summed E-state index contributed by atoms with van der Waals surface area (Å²) in [7, 11) is 0. The summed E-state index contributed by atoms with van der Waals surface area (Å²) in [5, 5.41) is 3.78. The van der Waals surface area contributed by atoms with Gasteiger partial charge in [-0.3, -0.25) is 4.79 Å². The van der Waals surface area contributed by atoms with Crippen molar-refractivity contribution in [2.45, 2.75) is 59.5 Å².